The predicted molar refractivity (Wildman–Crippen MR) is 117 cm³/mol. The van der Waals surface area contributed by atoms with Gasteiger partial charge in [0.2, 0.25) is 0 Å². The van der Waals surface area contributed by atoms with Gasteiger partial charge in [-0.05, 0) is 42.8 Å². The van der Waals surface area contributed by atoms with E-state index in [-0.39, 0.29) is 5.97 Å². The molecule has 2 aromatic heterocycles. The van der Waals surface area contributed by atoms with E-state index in [0.717, 1.165) is 11.3 Å². The van der Waals surface area contributed by atoms with Crippen molar-refractivity contribution in [3.8, 4) is 0 Å². The molecule has 8 heteroatoms. The summed E-state index contributed by atoms with van der Waals surface area (Å²) in [5.74, 6) is 0.252. The summed E-state index contributed by atoms with van der Waals surface area (Å²) in [6.07, 6.45) is 2.73. The highest BCUT2D eigenvalue weighted by Crippen LogP contribution is 2.29. The SMILES string of the molecule is CCc1cc(C(=O)OC)c(NC(=S)Nc2ccn(Cc3ccccc3C)n2)s1. The first kappa shape index (κ1) is 20.0. The number of benzene rings is 1. The molecule has 0 amide bonds. The normalized spacial score (nSPS) is 10.5. The fourth-order valence-corrected chi connectivity index (χ4v) is 3.96. The van der Waals surface area contributed by atoms with Gasteiger partial charge < -0.3 is 15.4 Å². The number of aromatic nitrogens is 2. The summed E-state index contributed by atoms with van der Waals surface area (Å²) in [5.41, 5.74) is 2.93. The van der Waals surface area contributed by atoms with Crippen LogP contribution in [0.1, 0.15) is 33.3 Å². The minimum atomic E-state index is -0.385. The van der Waals surface area contributed by atoms with Gasteiger partial charge in [0, 0.05) is 17.1 Å². The van der Waals surface area contributed by atoms with Crippen molar-refractivity contribution in [2.24, 2.45) is 0 Å². The van der Waals surface area contributed by atoms with Crippen molar-refractivity contribution >= 4 is 45.5 Å². The minimum Gasteiger partial charge on any atom is -0.465 e. The molecule has 0 spiro atoms. The topological polar surface area (TPSA) is 68.2 Å². The van der Waals surface area contributed by atoms with Crippen molar-refractivity contribution in [3.63, 3.8) is 0 Å². The van der Waals surface area contributed by atoms with Crippen LogP contribution in [0.3, 0.4) is 0 Å². The largest absolute Gasteiger partial charge is 0.465 e. The fourth-order valence-electron chi connectivity index (χ4n) is 2.70. The van der Waals surface area contributed by atoms with Crippen LogP contribution in [0.2, 0.25) is 0 Å². The molecule has 0 atom stereocenters. The molecule has 3 rings (SSSR count). The molecule has 0 saturated carbocycles. The van der Waals surface area contributed by atoms with Crippen LogP contribution in [0.5, 0.6) is 0 Å². The van der Waals surface area contributed by atoms with Gasteiger partial charge in [-0.15, -0.1) is 11.3 Å². The highest BCUT2D eigenvalue weighted by atomic mass is 32.1. The molecule has 28 heavy (non-hydrogen) atoms. The molecule has 0 aliphatic rings. The molecule has 0 fully saturated rings. The Hall–Kier alpha value is -2.71. The molecule has 0 aliphatic heterocycles. The van der Waals surface area contributed by atoms with Gasteiger partial charge >= 0.3 is 5.97 Å². The lowest BCUT2D eigenvalue weighted by Gasteiger charge is -2.09. The number of anilines is 2. The second-order valence-corrected chi connectivity index (χ2v) is 7.75. The molecule has 0 radical (unpaired) electrons. The van der Waals surface area contributed by atoms with Gasteiger partial charge in [0.1, 0.15) is 5.00 Å². The van der Waals surface area contributed by atoms with Gasteiger partial charge in [0.15, 0.2) is 10.9 Å². The van der Waals surface area contributed by atoms with Crippen LogP contribution >= 0.6 is 23.6 Å². The quantitative estimate of drug-likeness (QED) is 0.459. The third-order valence-corrected chi connectivity index (χ3v) is 5.64. The maximum Gasteiger partial charge on any atom is 0.340 e. The molecule has 6 nitrogen and oxygen atoms in total. The molecule has 3 aromatic rings. The van der Waals surface area contributed by atoms with Crippen molar-refractivity contribution in [2.75, 3.05) is 17.7 Å². The molecular weight excluding hydrogens is 392 g/mol. The number of carbonyl (C=O) groups excluding carboxylic acids is 1. The van der Waals surface area contributed by atoms with Crippen molar-refractivity contribution < 1.29 is 9.53 Å². The number of ether oxygens (including phenoxy) is 1. The first-order chi connectivity index (χ1) is 13.5. The zero-order valence-corrected chi connectivity index (χ0v) is 17.6. The fraction of sp³-hybridized carbons (Fsp3) is 0.250. The number of hydrogen-bond donors (Lipinski definition) is 2. The lowest BCUT2D eigenvalue weighted by molar-refractivity contribution is 0.0602. The van der Waals surface area contributed by atoms with E-state index in [4.69, 9.17) is 17.0 Å². The van der Waals surface area contributed by atoms with E-state index in [0.29, 0.717) is 28.0 Å². The van der Waals surface area contributed by atoms with Crippen molar-refractivity contribution in [3.05, 3.63) is 64.2 Å². The number of aryl methyl sites for hydroxylation is 2. The van der Waals surface area contributed by atoms with E-state index in [1.54, 1.807) is 0 Å². The number of thiocarbonyl (C=S) groups is 1. The Morgan fingerprint density at radius 1 is 1.29 bits per heavy atom. The Bertz CT molecular complexity index is 994. The average molecular weight is 415 g/mol. The number of rotatable bonds is 6. The number of hydrogen-bond acceptors (Lipinski definition) is 5. The Morgan fingerprint density at radius 2 is 2.07 bits per heavy atom. The zero-order chi connectivity index (χ0) is 20.1. The van der Waals surface area contributed by atoms with E-state index >= 15 is 0 Å². The Labute approximate surface area is 173 Å². The summed E-state index contributed by atoms with van der Waals surface area (Å²) in [4.78, 5) is 13.0. The van der Waals surface area contributed by atoms with Crippen LogP contribution in [-0.2, 0) is 17.7 Å². The van der Waals surface area contributed by atoms with Gasteiger partial charge in [-0.2, -0.15) is 5.10 Å². The van der Waals surface area contributed by atoms with Gasteiger partial charge in [0.05, 0.1) is 19.2 Å². The van der Waals surface area contributed by atoms with E-state index in [2.05, 4.69) is 34.8 Å². The molecule has 0 saturated heterocycles. The molecule has 0 bridgehead atoms. The van der Waals surface area contributed by atoms with Crippen molar-refractivity contribution in [1.29, 1.82) is 0 Å². The van der Waals surface area contributed by atoms with Crippen LogP contribution in [0.4, 0.5) is 10.8 Å². The second-order valence-electron chi connectivity index (χ2n) is 6.20. The molecule has 2 heterocycles. The lowest BCUT2D eigenvalue weighted by Crippen LogP contribution is -2.20. The third kappa shape index (κ3) is 4.76. The Balaban J connectivity index is 1.66. The van der Waals surface area contributed by atoms with Crippen LogP contribution in [-0.4, -0.2) is 28.0 Å². The molecule has 2 N–H and O–H groups in total. The van der Waals surface area contributed by atoms with E-state index in [1.807, 2.05) is 42.1 Å². The van der Waals surface area contributed by atoms with Gasteiger partial charge in [-0.3, -0.25) is 4.68 Å². The number of nitrogens with one attached hydrogen (secondary N) is 2. The lowest BCUT2D eigenvalue weighted by atomic mass is 10.1. The summed E-state index contributed by atoms with van der Waals surface area (Å²) in [6.45, 7) is 4.81. The smallest absolute Gasteiger partial charge is 0.340 e. The number of nitrogens with zero attached hydrogens (tertiary/aromatic N) is 2. The van der Waals surface area contributed by atoms with Gasteiger partial charge in [-0.1, -0.05) is 31.2 Å². The highest BCUT2D eigenvalue weighted by Gasteiger charge is 2.17. The second kappa shape index (κ2) is 8.99. The standard InChI is InChI=1S/C20H22N4O2S2/c1-4-15-11-16(19(25)26-3)18(28-15)22-20(27)21-17-9-10-24(23-17)12-14-8-6-5-7-13(14)2/h5-11H,4,12H2,1-3H3,(H2,21,22,23,27). The Kier molecular flexibility index (Phi) is 6.43. The number of methoxy groups -OCH3 is 1. The van der Waals surface area contributed by atoms with Crippen LogP contribution in [0, 0.1) is 6.92 Å². The first-order valence-electron chi connectivity index (χ1n) is 8.87. The third-order valence-electron chi connectivity index (χ3n) is 4.24. The Morgan fingerprint density at radius 3 is 2.79 bits per heavy atom. The highest BCUT2D eigenvalue weighted by molar-refractivity contribution is 7.80. The van der Waals surface area contributed by atoms with E-state index < -0.39 is 0 Å². The summed E-state index contributed by atoms with van der Waals surface area (Å²) in [5, 5.41) is 11.7. The van der Waals surface area contributed by atoms with Crippen LogP contribution < -0.4 is 10.6 Å². The minimum absolute atomic E-state index is 0.371. The molecular formula is C20H22N4O2S2. The van der Waals surface area contributed by atoms with E-state index in [9.17, 15) is 4.79 Å². The maximum absolute atomic E-state index is 12.0. The molecule has 0 aliphatic carbocycles. The van der Waals surface area contributed by atoms with Crippen LogP contribution in [0.25, 0.3) is 0 Å². The van der Waals surface area contributed by atoms with Crippen molar-refractivity contribution in [1.82, 2.24) is 9.78 Å². The van der Waals surface area contributed by atoms with Gasteiger partial charge in [0.25, 0.3) is 0 Å². The summed E-state index contributed by atoms with van der Waals surface area (Å²) >= 11 is 6.87. The average Bonchev–Trinajstić information content (AvgIpc) is 3.29. The summed E-state index contributed by atoms with van der Waals surface area (Å²) < 4.78 is 6.71. The molecule has 146 valence electrons. The zero-order valence-electron chi connectivity index (χ0n) is 16.0. The van der Waals surface area contributed by atoms with Gasteiger partial charge in [-0.25, -0.2) is 4.79 Å². The monoisotopic (exact) mass is 414 g/mol. The number of carbonyl (C=O) groups is 1. The number of thiophene rings is 1. The first-order valence-corrected chi connectivity index (χ1v) is 10.1. The maximum atomic E-state index is 12.0. The molecule has 0 unspecified atom stereocenters. The van der Waals surface area contributed by atoms with Crippen molar-refractivity contribution in [2.45, 2.75) is 26.8 Å². The summed E-state index contributed by atoms with van der Waals surface area (Å²) in [7, 11) is 1.37. The van der Waals surface area contributed by atoms with Crippen LogP contribution in [0.15, 0.2) is 42.6 Å². The predicted octanol–water partition coefficient (Wildman–Crippen LogP) is 4.46. The molecule has 1 aromatic carbocycles. The van der Waals surface area contributed by atoms with E-state index in [1.165, 1.54) is 29.6 Å². The summed E-state index contributed by atoms with van der Waals surface area (Å²) in [6, 6.07) is 11.9. The number of esters is 1.